The van der Waals surface area contributed by atoms with Gasteiger partial charge in [-0.1, -0.05) is 18.2 Å². The zero-order valence-corrected chi connectivity index (χ0v) is 12.3. The monoisotopic (exact) mass is 283 g/mol. The molecule has 1 saturated heterocycles. The Kier molecular flexibility index (Phi) is 5.72. The summed E-state index contributed by atoms with van der Waals surface area (Å²) in [6.07, 6.45) is 5.64. The van der Waals surface area contributed by atoms with E-state index in [-0.39, 0.29) is 0 Å². The van der Waals surface area contributed by atoms with Crippen LogP contribution >= 0.6 is 11.8 Å². The molecule has 19 heavy (non-hydrogen) atoms. The first kappa shape index (κ1) is 14.4. The minimum Gasteiger partial charge on any atom is -0.478 e. The minimum absolute atomic E-state index is 0.428. The molecule has 0 aliphatic carbocycles. The van der Waals surface area contributed by atoms with E-state index in [0.717, 1.165) is 6.54 Å². The van der Waals surface area contributed by atoms with Gasteiger partial charge in [-0.2, -0.15) is 9.97 Å². The van der Waals surface area contributed by atoms with Gasteiger partial charge >= 0.3 is 0 Å². The van der Waals surface area contributed by atoms with Crippen molar-refractivity contribution in [1.82, 2.24) is 15.3 Å². The highest BCUT2D eigenvalue weighted by Crippen LogP contribution is 2.21. The van der Waals surface area contributed by atoms with Gasteiger partial charge in [0, 0.05) is 6.04 Å². The Morgan fingerprint density at radius 3 is 2.74 bits per heavy atom. The summed E-state index contributed by atoms with van der Waals surface area (Å²) in [5.74, 6) is 1.17. The molecule has 6 heteroatoms. The molecule has 1 aromatic rings. The van der Waals surface area contributed by atoms with Crippen LogP contribution in [0.15, 0.2) is 11.2 Å². The highest BCUT2D eigenvalue weighted by atomic mass is 32.2. The summed E-state index contributed by atoms with van der Waals surface area (Å²) < 4.78 is 11.2. The molecule has 5 nitrogen and oxygen atoms in total. The molecule has 1 atom stereocenters. The van der Waals surface area contributed by atoms with Crippen molar-refractivity contribution in [1.29, 1.82) is 0 Å². The normalized spacial score (nSPS) is 19.2. The lowest BCUT2D eigenvalue weighted by atomic mass is 10.1. The van der Waals surface area contributed by atoms with Crippen LogP contribution in [0.5, 0.6) is 11.8 Å². The summed E-state index contributed by atoms with van der Waals surface area (Å²) in [6, 6.07) is 2.18. The van der Waals surface area contributed by atoms with E-state index in [1.165, 1.54) is 31.0 Å². The minimum atomic E-state index is 0.428. The summed E-state index contributed by atoms with van der Waals surface area (Å²) in [7, 11) is 0. The Labute approximate surface area is 118 Å². The predicted octanol–water partition coefficient (Wildman–Crippen LogP) is 2.12. The maximum Gasteiger partial charge on any atom is 0.221 e. The fourth-order valence-corrected chi connectivity index (χ4v) is 2.39. The van der Waals surface area contributed by atoms with E-state index in [9.17, 15) is 0 Å². The van der Waals surface area contributed by atoms with Crippen LogP contribution in [0.25, 0.3) is 0 Å². The number of thioether (sulfide) groups is 1. The zero-order valence-electron chi connectivity index (χ0n) is 11.5. The van der Waals surface area contributed by atoms with E-state index in [1.807, 2.05) is 13.2 Å². The number of hydrogen-bond donors (Lipinski definition) is 1. The van der Waals surface area contributed by atoms with Crippen molar-refractivity contribution >= 4 is 11.8 Å². The van der Waals surface area contributed by atoms with E-state index >= 15 is 0 Å². The maximum absolute atomic E-state index is 5.77. The third-order valence-corrected chi connectivity index (χ3v) is 3.53. The van der Waals surface area contributed by atoms with Gasteiger partial charge in [-0.3, -0.25) is 0 Å². The van der Waals surface area contributed by atoms with Crippen molar-refractivity contribution in [2.24, 2.45) is 0 Å². The molecule has 1 aromatic heterocycles. The highest BCUT2D eigenvalue weighted by Gasteiger charge is 2.14. The molecule has 106 valence electrons. The van der Waals surface area contributed by atoms with Crippen molar-refractivity contribution in [2.45, 2.75) is 37.4 Å². The molecule has 0 radical (unpaired) electrons. The van der Waals surface area contributed by atoms with Crippen LogP contribution in [0.3, 0.4) is 0 Å². The van der Waals surface area contributed by atoms with Gasteiger partial charge in [0.15, 0.2) is 5.16 Å². The van der Waals surface area contributed by atoms with Gasteiger partial charge in [-0.05, 0) is 32.6 Å². The third-order valence-electron chi connectivity index (χ3n) is 2.98. The molecule has 0 unspecified atom stereocenters. The fourth-order valence-electron chi connectivity index (χ4n) is 2.02. The number of ether oxygens (including phenoxy) is 2. The van der Waals surface area contributed by atoms with Crippen LogP contribution in [0, 0.1) is 0 Å². The average molecular weight is 283 g/mol. The van der Waals surface area contributed by atoms with Crippen molar-refractivity contribution in [3.8, 4) is 11.8 Å². The molecule has 0 bridgehead atoms. The van der Waals surface area contributed by atoms with Crippen LogP contribution in [-0.4, -0.2) is 42.0 Å². The SMILES string of the molecule is CCOc1cc(OC[C@@H]2CCCCN2)nc(SC)n1. The lowest BCUT2D eigenvalue weighted by molar-refractivity contribution is 0.227. The Balaban J connectivity index is 1.95. The highest BCUT2D eigenvalue weighted by molar-refractivity contribution is 7.98. The van der Waals surface area contributed by atoms with Gasteiger partial charge in [0.25, 0.3) is 0 Å². The molecule has 2 rings (SSSR count). The zero-order chi connectivity index (χ0) is 13.5. The maximum atomic E-state index is 5.77. The van der Waals surface area contributed by atoms with E-state index in [1.54, 1.807) is 6.07 Å². The van der Waals surface area contributed by atoms with Crippen LogP contribution < -0.4 is 14.8 Å². The first-order valence-corrected chi connectivity index (χ1v) is 7.96. The van der Waals surface area contributed by atoms with Crippen molar-refractivity contribution in [2.75, 3.05) is 26.0 Å². The van der Waals surface area contributed by atoms with Crippen molar-refractivity contribution in [3.63, 3.8) is 0 Å². The molecule has 0 saturated carbocycles. The summed E-state index contributed by atoms with van der Waals surface area (Å²) in [5, 5.41) is 4.13. The standard InChI is InChI=1S/C13H21N3O2S/c1-3-17-11-8-12(16-13(15-11)19-2)18-9-10-6-4-5-7-14-10/h8,10,14H,3-7,9H2,1-2H3/t10-/m0/s1. The Morgan fingerprint density at radius 1 is 1.32 bits per heavy atom. The smallest absolute Gasteiger partial charge is 0.221 e. The molecule has 1 aliphatic heterocycles. The first-order valence-electron chi connectivity index (χ1n) is 6.74. The van der Waals surface area contributed by atoms with Crippen LogP contribution in [-0.2, 0) is 0 Å². The Bertz CT molecular complexity index is 397. The largest absolute Gasteiger partial charge is 0.478 e. The summed E-state index contributed by atoms with van der Waals surface area (Å²) in [6.45, 7) is 4.26. The number of aromatic nitrogens is 2. The number of nitrogens with one attached hydrogen (secondary N) is 1. The molecule has 1 aliphatic rings. The van der Waals surface area contributed by atoms with Crippen molar-refractivity contribution in [3.05, 3.63) is 6.07 Å². The van der Waals surface area contributed by atoms with Gasteiger partial charge in [-0.15, -0.1) is 0 Å². The second-order valence-corrected chi connectivity index (χ2v) is 5.20. The molecule has 1 N–H and O–H groups in total. The number of nitrogens with zero attached hydrogens (tertiary/aromatic N) is 2. The fraction of sp³-hybridized carbons (Fsp3) is 0.692. The van der Waals surface area contributed by atoms with Gasteiger partial charge in [-0.25, -0.2) is 0 Å². The number of piperidine rings is 1. The van der Waals surface area contributed by atoms with E-state index in [4.69, 9.17) is 9.47 Å². The quantitative estimate of drug-likeness (QED) is 0.637. The lowest BCUT2D eigenvalue weighted by Gasteiger charge is -2.23. The van der Waals surface area contributed by atoms with Crippen LogP contribution in [0.2, 0.25) is 0 Å². The second-order valence-electron chi connectivity index (χ2n) is 4.42. The van der Waals surface area contributed by atoms with Crippen LogP contribution in [0.4, 0.5) is 0 Å². The summed E-state index contributed by atoms with van der Waals surface area (Å²) in [4.78, 5) is 8.61. The average Bonchev–Trinajstić information content (AvgIpc) is 2.46. The summed E-state index contributed by atoms with van der Waals surface area (Å²) in [5.41, 5.74) is 0. The second kappa shape index (κ2) is 7.55. The van der Waals surface area contributed by atoms with Gasteiger partial charge < -0.3 is 14.8 Å². The first-order chi connectivity index (χ1) is 9.31. The lowest BCUT2D eigenvalue weighted by Crippen LogP contribution is -2.38. The number of rotatable bonds is 6. The molecule has 2 heterocycles. The van der Waals surface area contributed by atoms with E-state index in [2.05, 4.69) is 15.3 Å². The van der Waals surface area contributed by atoms with Crippen LogP contribution in [0.1, 0.15) is 26.2 Å². The topological polar surface area (TPSA) is 56.3 Å². The molecule has 0 amide bonds. The van der Waals surface area contributed by atoms with Crippen molar-refractivity contribution < 1.29 is 9.47 Å². The van der Waals surface area contributed by atoms with Gasteiger partial charge in [0.05, 0.1) is 12.7 Å². The third kappa shape index (κ3) is 4.54. The van der Waals surface area contributed by atoms with E-state index in [0.29, 0.717) is 36.2 Å². The predicted molar refractivity (Wildman–Crippen MR) is 76.1 cm³/mol. The molecular weight excluding hydrogens is 262 g/mol. The molecule has 1 fully saturated rings. The molecular formula is C13H21N3O2S. The van der Waals surface area contributed by atoms with E-state index < -0.39 is 0 Å². The van der Waals surface area contributed by atoms with Gasteiger partial charge in [0.1, 0.15) is 6.61 Å². The Hall–Kier alpha value is -1.01. The summed E-state index contributed by atoms with van der Waals surface area (Å²) >= 11 is 1.49. The van der Waals surface area contributed by atoms with Gasteiger partial charge in [0.2, 0.25) is 11.8 Å². The number of hydrogen-bond acceptors (Lipinski definition) is 6. The molecule has 0 aromatic carbocycles. The Morgan fingerprint density at radius 2 is 2.11 bits per heavy atom. The molecule has 0 spiro atoms.